The molecule has 2 heterocycles. The average Bonchev–Trinajstić information content (AvgIpc) is 2.27. The van der Waals surface area contributed by atoms with Crippen LogP contribution < -0.4 is 0 Å². The van der Waals surface area contributed by atoms with Gasteiger partial charge in [0.05, 0.1) is 0 Å². The molecule has 0 unspecified atom stereocenters. The highest BCUT2D eigenvalue weighted by Crippen LogP contribution is 2.10. The van der Waals surface area contributed by atoms with Crippen molar-refractivity contribution in [1.29, 1.82) is 0 Å². The van der Waals surface area contributed by atoms with Gasteiger partial charge in [-0.2, -0.15) is 0 Å². The Hall–Kier alpha value is 0.150. The van der Waals surface area contributed by atoms with Crippen LogP contribution in [0.1, 0.15) is 0 Å². The first kappa shape index (κ1) is 7.78. The number of imidazole rings is 1. The minimum absolute atomic E-state index is 1.01. The predicted octanol–water partition coefficient (Wildman–Crippen LogP) is 2.54. The van der Waals surface area contributed by atoms with Crippen molar-refractivity contribution in [3.8, 4) is 0 Å². The van der Waals surface area contributed by atoms with E-state index in [-0.39, 0.29) is 0 Å². The second kappa shape index (κ2) is 2.89. The summed E-state index contributed by atoms with van der Waals surface area (Å²) in [5.41, 5.74) is 1.01. The summed E-state index contributed by atoms with van der Waals surface area (Å²) in [6.45, 7) is 0. The first-order valence-electron chi connectivity index (χ1n) is 3.05. The molecular weight excluding hydrogens is 366 g/mol. The fraction of sp³-hybridized carbons (Fsp3) is 0. The quantitative estimate of drug-likeness (QED) is 0.652. The van der Waals surface area contributed by atoms with Crippen molar-refractivity contribution in [3.05, 3.63) is 31.8 Å². The van der Waals surface area contributed by atoms with Crippen LogP contribution in [0.4, 0.5) is 0 Å². The summed E-state index contributed by atoms with van der Waals surface area (Å²) in [7, 11) is 0. The van der Waals surface area contributed by atoms with Crippen LogP contribution in [0.25, 0.3) is 5.65 Å². The second-order valence-corrected chi connectivity index (χ2v) is 4.53. The number of rotatable bonds is 0. The van der Waals surface area contributed by atoms with Gasteiger partial charge in [-0.05, 0) is 57.3 Å². The largest absolute Gasteiger partial charge is 0.305 e. The van der Waals surface area contributed by atoms with Gasteiger partial charge >= 0.3 is 0 Å². The van der Waals surface area contributed by atoms with Crippen molar-refractivity contribution in [1.82, 2.24) is 9.38 Å². The molecule has 0 bridgehead atoms. The smallest absolute Gasteiger partial charge is 0.138 e. The molecule has 0 aliphatic heterocycles. The molecule has 0 saturated heterocycles. The number of fused-ring (bicyclic) bond motifs is 1. The lowest BCUT2D eigenvalue weighted by Gasteiger charge is -1.91. The monoisotopic (exact) mass is 370 g/mol. The molecule has 56 valence electrons. The highest BCUT2D eigenvalue weighted by Gasteiger charge is 1.96. The van der Waals surface area contributed by atoms with Gasteiger partial charge in [0, 0.05) is 16.0 Å². The SMILES string of the molecule is Ic1ccc2nc(I)cn2c1. The molecule has 4 heteroatoms. The van der Waals surface area contributed by atoms with Crippen molar-refractivity contribution in [2.24, 2.45) is 0 Å². The topological polar surface area (TPSA) is 17.3 Å². The van der Waals surface area contributed by atoms with Gasteiger partial charge in [-0.15, -0.1) is 0 Å². The molecule has 2 aromatic rings. The minimum atomic E-state index is 1.01. The Morgan fingerprint density at radius 2 is 2.00 bits per heavy atom. The molecule has 0 aliphatic rings. The van der Waals surface area contributed by atoms with E-state index in [0.717, 1.165) is 9.35 Å². The van der Waals surface area contributed by atoms with Crippen LogP contribution in [-0.2, 0) is 0 Å². The van der Waals surface area contributed by atoms with Crippen LogP contribution in [0.3, 0.4) is 0 Å². The van der Waals surface area contributed by atoms with E-state index in [0.29, 0.717) is 0 Å². The van der Waals surface area contributed by atoms with Gasteiger partial charge in [-0.3, -0.25) is 0 Å². The Balaban J connectivity index is 2.82. The van der Waals surface area contributed by atoms with E-state index < -0.39 is 0 Å². The maximum absolute atomic E-state index is 4.30. The highest BCUT2D eigenvalue weighted by atomic mass is 127. The molecular formula is C7H4I2N2. The van der Waals surface area contributed by atoms with Gasteiger partial charge in [0.15, 0.2) is 0 Å². The van der Waals surface area contributed by atoms with Gasteiger partial charge in [0.25, 0.3) is 0 Å². The zero-order valence-electron chi connectivity index (χ0n) is 5.46. The van der Waals surface area contributed by atoms with Crippen molar-refractivity contribution in [2.75, 3.05) is 0 Å². The van der Waals surface area contributed by atoms with E-state index in [9.17, 15) is 0 Å². The van der Waals surface area contributed by atoms with Gasteiger partial charge in [-0.25, -0.2) is 4.98 Å². The lowest BCUT2D eigenvalue weighted by Crippen LogP contribution is -1.82. The van der Waals surface area contributed by atoms with Gasteiger partial charge in [0.2, 0.25) is 0 Å². The Morgan fingerprint density at radius 3 is 2.82 bits per heavy atom. The summed E-state index contributed by atoms with van der Waals surface area (Å²) in [4.78, 5) is 4.30. The first-order valence-corrected chi connectivity index (χ1v) is 5.21. The number of hydrogen-bond acceptors (Lipinski definition) is 1. The van der Waals surface area contributed by atoms with E-state index in [1.807, 2.05) is 16.7 Å². The van der Waals surface area contributed by atoms with Crippen LogP contribution >= 0.6 is 45.2 Å². The lowest BCUT2D eigenvalue weighted by molar-refractivity contribution is 1.17. The van der Waals surface area contributed by atoms with Crippen molar-refractivity contribution < 1.29 is 0 Å². The third-order valence-electron chi connectivity index (χ3n) is 1.39. The second-order valence-electron chi connectivity index (χ2n) is 2.18. The molecule has 0 spiro atoms. The molecule has 0 amide bonds. The van der Waals surface area contributed by atoms with Crippen molar-refractivity contribution >= 4 is 50.8 Å². The summed E-state index contributed by atoms with van der Waals surface area (Å²) >= 11 is 4.50. The molecule has 0 aliphatic carbocycles. The summed E-state index contributed by atoms with van der Waals surface area (Å²) in [6, 6.07) is 4.07. The molecule has 2 nitrogen and oxygen atoms in total. The standard InChI is InChI=1S/C7H4I2N2/c8-5-1-2-7-10-6(9)4-11(7)3-5/h1-4H. The van der Waals surface area contributed by atoms with Crippen LogP contribution in [-0.4, -0.2) is 9.38 Å². The Morgan fingerprint density at radius 1 is 1.18 bits per heavy atom. The minimum Gasteiger partial charge on any atom is -0.305 e. The van der Waals surface area contributed by atoms with Crippen LogP contribution in [0, 0.1) is 7.27 Å². The van der Waals surface area contributed by atoms with Crippen LogP contribution in [0.2, 0.25) is 0 Å². The molecule has 0 N–H and O–H groups in total. The third-order valence-corrected chi connectivity index (χ3v) is 2.54. The Kier molecular flexibility index (Phi) is 2.04. The fourth-order valence-corrected chi connectivity index (χ4v) is 1.96. The molecule has 0 atom stereocenters. The maximum Gasteiger partial charge on any atom is 0.138 e. The Labute approximate surface area is 91.3 Å². The van der Waals surface area contributed by atoms with E-state index >= 15 is 0 Å². The lowest BCUT2D eigenvalue weighted by atomic mass is 10.5. The molecule has 0 radical (unpaired) electrons. The van der Waals surface area contributed by atoms with E-state index in [1.165, 1.54) is 3.57 Å². The summed E-state index contributed by atoms with van der Waals surface area (Å²) in [5, 5.41) is 0. The zero-order valence-corrected chi connectivity index (χ0v) is 9.77. The number of halogens is 2. The number of aromatic nitrogens is 2. The summed E-state index contributed by atoms with van der Waals surface area (Å²) in [6.07, 6.45) is 4.07. The van der Waals surface area contributed by atoms with Crippen molar-refractivity contribution in [3.63, 3.8) is 0 Å². The number of hydrogen-bond donors (Lipinski definition) is 0. The maximum atomic E-state index is 4.30. The predicted molar refractivity (Wildman–Crippen MR) is 60.6 cm³/mol. The van der Waals surface area contributed by atoms with Crippen LogP contribution in [0.15, 0.2) is 24.5 Å². The van der Waals surface area contributed by atoms with E-state index in [4.69, 9.17) is 0 Å². The fourth-order valence-electron chi connectivity index (χ4n) is 0.934. The molecule has 2 aromatic heterocycles. The van der Waals surface area contributed by atoms with Gasteiger partial charge < -0.3 is 4.40 Å². The zero-order chi connectivity index (χ0) is 7.84. The summed E-state index contributed by atoms with van der Waals surface area (Å²) in [5.74, 6) is 0. The Bertz CT molecular complexity index is 394. The molecule has 0 fully saturated rings. The molecule has 2 rings (SSSR count). The average molecular weight is 370 g/mol. The third kappa shape index (κ3) is 1.51. The van der Waals surface area contributed by atoms with Gasteiger partial charge in [0.1, 0.15) is 9.35 Å². The van der Waals surface area contributed by atoms with E-state index in [2.05, 4.69) is 62.4 Å². The number of nitrogens with zero attached hydrogens (tertiary/aromatic N) is 2. The normalized spacial score (nSPS) is 10.7. The van der Waals surface area contributed by atoms with E-state index in [1.54, 1.807) is 0 Å². The summed E-state index contributed by atoms with van der Waals surface area (Å²) < 4.78 is 4.29. The molecule has 0 saturated carbocycles. The molecule has 0 aromatic carbocycles. The number of pyridine rings is 1. The first-order chi connectivity index (χ1) is 5.25. The highest BCUT2D eigenvalue weighted by molar-refractivity contribution is 14.1. The van der Waals surface area contributed by atoms with Crippen LogP contribution in [0.5, 0.6) is 0 Å². The van der Waals surface area contributed by atoms with Crippen molar-refractivity contribution in [2.45, 2.75) is 0 Å². The molecule has 11 heavy (non-hydrogen) atoms. The van der Waals surface area contributed by atoms with Gasteiger partial charge in [-0.1, -0.05) is 0 Å².